The van der Waals surface area contributed by atoms with Crippen LogP contribution in [0.5, 0.6) is 0 Å². The second-order valence-electron chi connectivity index (χ2n) is 2.51. The molecule has 0 bridgehead atoms. The highest BCUT2D eigenvalue weighted by Crippen LogP contribution is 2.03. The summed E-state index contributed by atoms with van der Waals surface area (Å²) in [7, 11) is 0. The van der Waals surface area contributed by atoms with Crippen molar-refractivity contribution in [2.24, 2.45) is 5.73 Å². The lowest BCUT2D eigenvalue weighted by atomic mass is 10.3. The van der Waals surface area contributed by atoms with Crippen LogP contribution in [0.25, 0.3) is 0 Å². The Balaban J connectivity index is 3.83. The summed E-state index contributed by atoms with van der Waals surface area (Å²) in [6.45, 7) is 3.59. The van der Waals surface area contributed by atoms with Crippen molar-refractivity contribution in [2.75, 3.05) is 0 Å². The van der Waals surface area contributed by atoms with E-state index in [9.17, 15) is 9.59 Å². The zero-order valence-electron chi connectivity index (χ0n) is 7.91. The Labute approximate surface area is 77.2 Å². The van der Waals surface area contributed by atoms with Crippen LogP contribution in [0.1, 0.15) is 33.1 Å². The van der Waals surface area contributed by atoms with Crippen LogP contribution in [0.3, 0.4) is 0 Å². The van der Waals surface area contributed by atoms with Gasteiger partial charge in [-0.3, -0.25) is 4.79 Å². The Hall–Kier alpha value is -1.26. The number of primary amides is 1. The van der Waals surface area contributed by atoms with E-state index < -0.39 is 12.4 Å². The van der Waals surface area contributed by atoms with Gasteiger partial charge in [-0.15, -0.1) is 0 Å². The van der Waals surface area contributed by atoms with Crippen LogP contribution >= 0.6 is 0 Å². The first-order valence-corrected chi connectivity index (χ1v) is 4.25. The number of esters is 1. The molecule has 13 heavy (non-hydrogen) atoms. The average molecular weight is 189 g/mol. The lowest BCUT2D eigenvalue weighted by molar-refractivity contribution is -0.167. The molecule has 1 atom stereocenters. The Bertz CT molecular complexity index is 181. The summed E-state index contributed by atoms with van der Waals surface area (Å²) in [5.74, 6) is -0.379. The minimum Gasteiger partial charge on any atom is -0.425 e. The van der Waals surface area contributed by atoms with Crippen LogP contribution in [-0.2, 0) is 14.3 Å². The van der Waals surface area contributed by atoms with Crippen molar-refractivity contribution >= 4 is 12.1 Å². The minimum absolute atomic E-state index is 0.318. The normalized spacial score (nSPS) is 11.8. The van der Waals surface area contributed by atoms with Gasteiger partial charge in [0.2, 0.25) is 6.29 Å². The van der Waals surface area contributed by atoms with Crippen LogP contribution < -0.4 is 5.73 Å². The van der Waals surface area contributed by atoms with Gasteiger partial charge in [-0.1, -0.05) is 13.8 Å². The van der Waals surface area contributed by atoms with E-state index in [0.29, 0.717) is 19.3 Å². The molecule has 0 heterocycles. The third-order valence-corrected chi connectivity index (χ3v) is 1.30. The van der Waals surface area contributed by atoms with Crippen LogP contribution in [0, 0.1) is 0 Å². The van der Waals surface area contributed by atoms with Crippen molar-refractivity contribution in [1.29, 1.82) is 0 Å². The van der Waals surface area contributed by atoms with E-state index in [2.05, 4.69) is 4.74 Å². The highest BCUT2D eigenvalue weighted by Gasteiger charge is 2.14. The zero-order valence-corrected chi connectivity index (χ0v) is 7.91. The SMILES string of the molecule is CCCC(=O)OC(CC)OC(N)=O. The van der Waals surface area contributed by atoms with Crippen molar-refractivity contribution < 1.29 is 19.1 Å². The molecule has 0 radical (unpaired) electrons. The van der Waals surface area contributed by atoms with Gasteiger partial charge in [-0.05, 0) is 6.42 Å². The van der Waals surface area contributed by atoms with E-state index in [1.807, 2.05) is 6.92 Å². The van der Waals surface area contributed by atoms with Crippen LogP contribution in [0.4, 0.5) is 4.79 Å². The third-order valence-electron chi connectivity index (χ3n) is 1.30. The average Bonchev–Trinajstić information content (AvgIpc) is 2.02. The lowest BCUT2D eigenvalue weighted by Crippen LogP contribution is -2.26. The Morgan fingerprint density at radius 3 is 2.31 bits per heavy atom. The van der Waals surface area contributed by atoms with Gasteiger partial charge in [-0.2, -0.15) is 0 Å². The number of ether oxygens (including phenoxy) is 2. The highest BCUT2D eigenvalue weighted by atomic mass is 16.7. The molecule has 76 valence electrons. The fourth-order valence-electron chi connectivity index (χ4n) is 0.730. The summed E-state index contributed by atoms with van der Waals surface area (Å²) in [5, 5.41) is 0. The van der Waals surface area contributed by atoms with Crippen molar-refractivity contribution in [2.45, 2.75) is 39.4 Å². The summed E-state index contributed by atoms with van der Waals surface area (Å²) in [5.41, 5.74) is 4.77. The molecule has 0 saturated carbocycles. The predicted octanol–water partition coefficient (Wildman–Crippen LogP) is 1.16. The molecule has 5 nitrogen and oxygen atoms in total. The second-order valence-corrected chi connectivity index (χ2v) is 2.51. The molecule has 0 aliphatic carbocycles. The van der Waals surface area contributed by atoms with Crippen molar-refractivity contribution in [3.63, 3.8) is 0 Å². The Morgan fingerprint density at radius 2 is 1.92 bits per heavy atom. The first kappa shape index (κ1) is 11.7. The molecule has 0 aromatic heterocycles. The van der Waals surface area contributed by atoms with E-state index in [-0.39, 0.29) is 5.97 Å². The molecule has 0 aromatic rings. The predicted molar refractivity (Wildman–Crippen MR) is 45.7 cm³/mol. The Kier molecular flexibility index (Phi) is 5.67. The van der Waals surface area contributed by atoms with Gasteiger partial charge in [0.15, 0.2) is 0 Å². The highest BCUT2D eigenvalue weighted by molar-refractivity contribution is 5.70. The zero-order chi connectivity index (χ0) is 10.3. The number of amides is 1. The number of hydrogen-bond acceptors (Lipinski definition) is 4. The maximum Gasteiger partial charge on any atom is 0.407 e. The van der Waals surface area contributed by atoms with E-state index in [1.54, 1.807) is 6.92 Å². The standard InChI is InChI=1S/C8H15NO4/c1-3-5-6(10)12-7(4-2)13-8(9)11/h7H,3-5H2,1-2H3,(H2,9,11). The fraction of sp³-hybridized carbons (Fsp3) is 0.750. The van der Waals surface area contributed by atoms with E-state index in [1.165, 1.54) is 0 Å². The Morgan fingerprint density at radius 1 is 1.31 bits per heavy atom. The van der Waals surface area contributed by atoms with E-state index in [0.717, 1.165) is 0 Å². The largest absolute Gasteiger partial charge is 0.425 e. The van der Waals surface area contributed by atoms with Crippen molar-refractivity contribution in [1.82, 2.24) is 0 Å². The molecule has 0 fully saturated rings. The second kappa shape index (κ2) is 6.28. The molecule has 0 saturated heterocycles. The number of rotatable bonds is 5. The van der Waals surface area contributed by atoms with Crippen molar-refractivity contribution in [3.05, 3.63) is 0 Å². The van der Waals surface area contributed by atoms with Gasteiger partial charge >= 0.3 is 12.1 Å². The minimum atomic E-state index is -0.934. The maximum atomic E-state index is 10.9. The first-order chi connectivity index (χ1) is 6.10. The quantitative estimate of drug-likeness (QED) is 0.520. The number of nitrogens with two attached hydrogens (primary N) is 1. The molecule has 2 N–H and O–H groups in total. The number of carbonyl (C=O) groups is 2. The molecular weight excluding hydrogens is 174 g/mol. The summed E-state index contributed by atoms with van der Waals surface area (Å²) in [4.78, 5) is 21.3. The fourth-order valence-corrected chi connectivity index (χ4v) is 0.730. The number of hydrogen-bond donors (Lipinski definition) is 1. The molecule has 1 unspecified atom stereocenters. The van der Waals surface area contributed by atoms with E-state index in [4.69, 9.17) is 10.5 Å². The smallest absolute Gasteiger partial charge is 0.407 e. The first-order valence-electron chi connectivity index (χ1n) is 4.25. The van der Waals surface area contributed by atoms with Gasteiger partial charge in [0.05, 0.1) is 0 Å². The topological polar surface area (TPSA) is 78.6 Å². The molecule has 1 amide bonds. The molecule has 0 spiro atoms. The summed E-state index contributed by atoms with van der Waals surface area (Å²) >= 11 is 0. The summed E-state index contributed by atoms with van der Waals surface area (Å²) in [6, 6.07) is 0. The van der Waals surface area contributed by atoms with Crippen LogP contribution in [0.15, 0.2) is 0 Å². The van der Waals surface area contributed by atoms with Crippen LogP contribution in [-0.4, -0.2) is 18.4 Å². The monoisotopic (exact) mass is 189 g/mol. The summed E-state index contributed by atoms with van der Waals surface area (Å²) < 4.78 is 9.30. The van der Waals surface area contributed by atoms with Crippen molar-refractivity contribution in [3.8, 4) is 0 Å². The van der Waals surface area contributed by atoms with E-state index >= 15 is 0 Å². The molecule has 0 rings (SSSR count). The molecule has 5 heteroatoms. The third kappa shape index (κ3) is 5.95. The molecule has 0 aliphatic rings. The van der Waals surface area contributed by atoms with Gasteiger partial charge in [-0.25, -0.2) is 4.79 Å². The lowest BCUT2D eigenvalue weighted by Gasteiger charge is -2.14. The van der Waals surface area contributed by atoms with Gasteiger partial charge < -0.3 is 15.2 Å². The molecule has 0 aromatic carbocycles. The summed E-state index contributed by atoms with van der Waals surface area (Å²) in [6.07, 6.45) is -0.365. The maximum absolute atomic E-state index is 10.9. The molecular formula is C8H15NO4. The van der Waals surface area contributed by atoms with Gasteiger partial charge in [0.25, 0.3) is 0 Å². The van der Waals surface area contributed by atoms with Gasteiger partial charge in [0.1, 0.15) is 0 Å². The van der Waals surface area contributed by atoms with Crippen LogP contribution in [0.2, 0.25) is 0 Å². The number of carbonyl (C=O) groups excluding carboxylic acids is 2. The van der Waals surface area contributed by atoms with Gasteiger partial charge in [0, 0.05) is 12.8 Å². The molecule has 0 aliphatic heterocycles.